The first kappa shape index (κ1) is 29.5. The van der Waals surface area contributed by atoms with Crippen LogP contribution < -0.4 is 16.8 Å². The molecule has 15 heteroatoms. The number of ether oxygens (including phenoxy) is 2. The number of carbonyl (C=O) groups excluding carboxylic acids is 4. The lowest BCUT2D eigenvalue weighted by molar-refractivity contribution is 0.0392. The van der Waals surface area contributed by atoms with E-state index in [1.807, 2.05) is 0 Å². The molecule has 3 fully saturated rings. The van der Waals surface area contributed by atoms with E-state index in [0.717, 1.165) is 49.9 Å². The van der Waals surface area contributed by atoms with Crippen molar-refractivity contribution in [3.05, 3.63) is 29.7 Å². The first-order valence-electron chi connectivity index (χ1n) is 14.1. The van der Waals surface area contributed by atoms with Gasteiger partial charge in [0.25, 0.3) is 0 Å². The normalized spacial score (nSPS) is 24.8. The van der Waals surface area contributed by atoms with Crippen LogP contribution in [0, 0.1) is 17.7 Å². The maximum absolute atomic E-state index is 13.5. The second kappa shape index (κ2) is 12.5. The number of aliphatic hydroxyl groups excluding tert-OH is 1. The summed E-state index contributed by atoms with van der Waals surface area (Å²) >= 11 is 0. The quantitative estimate of drug-likeness (QED) is 0.330. The Balaban J connectivity index is 1.18. The molecule has 42 heavy (non-hydrogen) atoms. The average Bonchev–Trinajstić information content (AvgIpc) is 3.65. The summed E-state index contributed by atoms with van der Waals surface area (Å²) in [4.78, 5) is 51.0. The fourth-order valence-corrected chi connectivity index (χ4v) is 6.94. The molecule has 0 spiro atoms. The predicted molar refractivity (Wildman–Crippen MR) is 143 cm³/mol. The summed E-state index contributed by atoms with van der Waals surface area (Å²) in [5.74, 6) is -0.230. The number of carbonyl (C=O) groups is 4. The van der Waals surface area contributed by atoms with E-state index in [2.05, 4.69) is 24.8 Å². The number of fused-ring (bicyclic) bond motifs is 3. The number of hydrogen-bond donors (Lipinski definition) is 4. The number of aliphatic hydroxyl groups is 1. The number of hydrogen-bond acceptors (Lipinski definition) is 10. The lowest BCUT2D eigenvalue weighted by Crippen LogP contribution is -2.58. The molecule has 228 valence electrons. The summed E-state index contributed by atoms with van der Waals surface area (Å²) in [6.07, 6.45) is -1.34. The number of piperidine rings is 1. The van der Waals surface area contributed by atoms with Crippen LogP contribution in [-0.4, -0.2) is 88.8 Å². The monoisotopic (exact) mass is 590 g/mol. The molecule has 14 nitrogen and oxygen atoms in total. The van der Waals surface area contributed by atoms with E-state index < -0.39 is 42.6 Å². The minimum Gasteiger partial charge on any atom is -0.391 e. The number of rotatable bonds is 8. The van der Waals surface area contributed by atoms with Gasteiger partial charge in [0.15, 0.2) is 5.58 Å². The van der Waals surface area contributed by atoms with Gasteiger partial charge in [0.2, 0.25) is 0 Å². The number of halogens is 1. The lowest BCUT2D eigenvalue weighted by atomic mass is 9.89. The number of benzene rings is 1. The van der Waals surface area contributed by atoms with Crippen molar-refractivity contribution in [2.45, 2.75) is 62.6 Å². The average molecular weight is 591 g/mol. The molecule has 6 N–H and O–H groups in total. The van der Waals surface area contributed by atoms with Crippen molar-refractivity contribution in [1.82, 2.24) is 20.3 Å². The van der Waals surface area contributed by atoms with Crippen molar-refractivity contribution in [3.8, 4) is 0 Å². The van der Waals surface area contributed by atoms with Crippen molar-refractivity contribution in [2.24, 2.45) is 23.3 Å². The molecule has 1 aromatic heterocycles. The van der Waals surface area contributed by atoms with Crippen molar-refractivity contribution in [1.29, 1.82) is 0 Å². The van der Waals surface area contributed by atoms with E-state index in [4.69, 9.17) is 16.0 Å². The van der Waals surface area contributed by atoms with Crippen LogP contribution in [0.1, 0.15) is 50.1 Å². The van der Waals surface area contributed by atoms with E-state index in [1.54, 1.807) is 6.07 Å². The van der Waals surface area contributed by atoms with Gasteiger partial charge in [-0.2, -0.15) is 0 Å². The molecule has 1 aromatic carbocycles. The minimum atomic E-state index is -1.28. The SMILES string of the molecule is NC(=O)OC(=O)NC1C2CCC(C2)C1N(CC(O)CCN1CCC(c2noc3cc(F)ccc23)CC1)C(=O)OC(N)=O. The highest BCUT2D eigenvalue weighted by molar-refractivity contribution is 5.84. The van der Waals surface area contributed by atoms with Gasteiger partial charge in [0.05, 0.1) is 30.4 Å². The van der Waals surface area contributed by atoms with Crippen LogP contribution in [0.4, 0.5) is 23.6 Å². The summed E-state index contributed by atoms with van der Waals surface area (Å²) in [7, 11) is 0. The van der Waals surface area contributed by atoms with E-state index in [9.17, 15) is 28.7 Å². The first-order valence-corrected chi connectivity index (χ1v) is 14.1. The molecule has 5 unspecified atom stereocenters. The number of primary amides is 2. The zero-order chi connectivity index (χ0) is 30.0. The van der Waals surface area contributed by atoms with Gasteiger partial charge in [-0.05, 0) is 75.6 Å². The lowest BCUT2D eigenvalue weighted by Gasteiger charge is -2.39. The summed E-state index contributed by atoms with van der Waals surface area (Å²) < 4.78 is 27.9. The van der Waals surface area contributed by atoms with Gasteiger partial charge in [-0.1, -0.05) is 5.16 Å². The van der Waals surface area contributed by atoms with Crippen LogP contribution in [0.25, 0.3) is 11.0 Å². The van der Waals surface area contributed by atoms with E-state index in [0.29, 0.717) is 25.0 Å². The molecular formula is C27H35FN6O8. The standard InChI is InChI=1S/C27H35FN6O8/c28-17-3-4-19-20(12-17)42-32-21(19)14-5-8-33(9-6-14)10-7-18(35)13-34(27(39)41-25(30)37)23-16-2-1-15(11-16)22(23)31-26(38)40-24(29)36/h3-4,12,14-16,18,22-23,35H,1-2,5-11,13H2,(H2,29,36)(H2,30,37)(H,31,38). The van der Waals surface area contributed by atoms with Gasteiger partial charge in [-0.3, -0.25) is 4.90 Å². The predicted octanol–water partition coefficient (Wildman–Crippen LogP) is 2.39. The third-order valence-electron chi connectivity index (χ3n) is 8.75. The van der Waals surface area contributed by atoms with Crippen LogP contribution in [0.3, 0.4) is 0 Å². The van der Waals surface area contributed by atoms with E-state index in [-0.39, 0.29) is 30.1 Å². The Morgan fingerprint density at radius 1 is 1.12 bits per heavy atom. The summed E-state index contributed by atoms with van der Waals surface area (Å²) in [5, 5.41) is 18.6. The van der Waals surface area contributed by atoms with Gasteiger partial charge in [0, 0.05) is 23.9 Å². The maximum Gasteiger partial charge on any atom is 0.419 e. The molecule has 0 radical (unpaired) electrons. The van der Waals surface area contributed by atoms with Crippen LogP contribution in [0.15, 0.2) is 22.7 Å². The van der Waals surface area contributed by atoms with Gasteiger partial charge in [-0.15, -0.1) is 0 Å². The zero-order valence-electron chi connectivity index (χ0n) is 22.9. The molecule has 2 saturated carbocycles. The Morgan fingerprint density at radius 2 is 1.83 bits per heavy atom. The second-order valence-electron chi connectivity index (χ2n) is 11.3. The molecule has 2 heterocycles. The number of nitrogens with two attached hydrogens (primary N) is 2. The Morgan fingerprint density at radius 3 is 2.55 bits per heavy atom. The third-order valence-corrected chi connectivity index (χ3v) is 8.75. The molecular weight excluding hydrogens is 555 g/mol. The number of aromatic nitrogens is 1. The number of alkyl carbamates (subject to hydrolysis) is 1. The first-order chi connectivity index (χ1) is 20.1. The molecule has 1 saturated heterocycles. The zero-order valence-corrected chi connectivity index (χ0v) is 22.9. The molecule has 1 aliphatic heterocycles. The number of nitrogens with one attached hydrogen (secondary N) is 1. The molecule has 4 amide bonds. The molecule has 2 bridgehead atoms. The Hall–Kier alpha value is -3.98. The van der Waals surface area contributed by atoms with E-state index in [1.165, 1.54) is 17.0 Å². The molecule has 5 atom stereocenters. The third kappa shape index (κ3) is 6.57. The van der Waals surface area contributed by atoms with Crippen LogP contribution in [0.2, 0.25) is 0 Å². The van der Waals surface area contributed by atoms with Gasteiger partial charge in [-0.25, -0.2) is 23.6 Å². The van der Waals surface area contributed by atoms with Crippen molar-refractivity contribution >= 4 is 35.3 Å². The van der Waals surface area contributed by atoms with Gasteiger partial charge in [0.1, 0.15) is 5.82 Å². The van der Waals surface area contributed by atoms with Crippen molar-refractivity contribution in [3.63, 3.8) is 0 Å². The Bertz CT molecular complexity index is 1330. The topological polar surface area (TPSA) is 204 Å². The highest BCUT2D eigenvalue weighted by Crippen LogP contribution is 2.47. The van der Waals surface area contributed by atoms with Crippen LogP contribution in [-0.2, 0) is 9.47 Å². The molecule has 2 aromatic rings. The highest BCUT2D eigenvalue weighted by Gasteiger charge is 2.52. The van der Waals surface area contributed by atoms with Crippen molar-refractivity contribution in [2.75, 3.05) is 26.2 Å². The minimum absolute atomic E-state index is 0.00334. The maximum atomic E-state index is 13.5. The second-order valence-corrected chi connectivity index (χ2v) is 11.3. The summed E-state index contributed by atoms with van der Waals surface area (Å²) in [5.41, 5.74) is 11.3. The fourth-order valence-electron chi connectivity index (χ4n) is 6.94. The highest BCUT2D eigenvalue weighted by atomic mass is 19.1. The van der Waals surface area contributed by atoms with Gasteiger partial charge >= 0.3 is 24.4 Å². The number of amides is 4. The largest absolute Gasteiger partial charge is 0.419 e. The molecule has 2 aliphatic carbocycles. The fraction of sp³-hybridized carbons (Fsp3) is 0.593. The van der Waals surface area contributed by atoms with Crippen LogP contribution >= 0.6 is 0 Å². The van der Waals surface area contributed by atoms with Crippen LogP contribution in [0.5, 0.6) is 0 Å². The van der Waals surface area contributed by atoms with Gasteiger partial charge < -0.3 is 40.8 Å². The number of likely N-dealkylation sites (tertiary alicyclic amines) is 1. The molecule has 3 aliphatic rings. The smallest absolute Gasteiger partial charge is 0.391 e. The Kier molecular flexibility index (Phi) is 8.77. The summed E-state index contributed by atoms with van der Waals surface area (Å²) in [6.45, 7) is 1.91. The number of nitrogens with zero attached hydrogens (tertiary/aromatic N) is 3. The summed E-state index contributed by atoms with van der Waals surface area (Å²) in [6, 6.07) is 3.21. The Labute approximate surface area is 240 Å². The van der Waals surface area contributed by atoms with E-state index >= 15 is 0 Å². The van der Waals surface area contributed by atoms with Crippen molar-refractivity contribution < 1.29 is 42.7 Å². The molecule has 5 rings (SSSR count).